The maximum atomic E-state index is 14.2. The number of carbonyl (C=O) groups is 1. The second-order valence-corrected chi connectivity index (χ2v) is 8.97. The molecule has 30 heavy (non-hydrogen) atoms. The maximum absolute atomic E-state index is 14.2. The molecule has 0 bridgehead atoms. The molecule has 1 fully saturated rings. The highest BCUT2D eigenvalue weighted by Crippen LogP contribution is 2.31. The number of nitrogens with zero attached hydrogens (tertiary/aromatic N) is 3. The van der Waals surface area contributed by atoms with Gasteiger partial charge >= 0.3 is 0 Å². The normalized spacial score (nSPS) is 14.9. The average molecular weight is 446 g/mol. The van der Waals surface area contributed by atoms with Gasteiger partial charge in [-0.25, -0.2) is 9.37 Å². The number of morpholine rings is 1. The Hall–Kier alpha value is -2.00. The van der Waals surface area contributed by atoms with Crippen LogP contribution >= 0.6 is 23.1 Å². The van der Waals surface area contributed by atoms with Crippen LogP contribution < -0.4 is 4.90 Å². The highest BCUT2D eigenvalue weighted by Gasteiger charge is 2.23. The molecular formula is C22H24FN3O2S2. The molecule has 8 heteroatoms. The minimum atomic E-state index is -0.361. The van der Waals surface area contributed by atoms with E-state index < -0.39 is 0 Å². The van der Waals surface area contributed by atoms with Crippen LogP contribution in [0.4, 0.5) is 9.52 Å². The Balaban J connectivity index is 1.59. The number of ether oxygens (including phenoxy) is 1. The van der Waals surface area contributed by atoms with E-state index in [0.29, 0.717) is 22.8 Å². The Morgan fingerprint density at radius 3 is 2.83 bits per heavy atom. The zero-order valence-corrected chi connectivity index (χ0v) is 18.5. The first-order valence-corrected chi connectivity index (χ1v) is 12.0. The van der Waals surface area contributed by atoms with Crippen LogP contribution in [0.5, 0.6) is 0 Å². The number of benzene rings is 2. The number of anilines is 1. The van der Waals surface area contributed by atoms with E-state index in [1.54, 1.807) is 22.7 Å². The molecule has 2 heterocycles. The van der Waals surface area contributed by atoms with E-state index in [2.05, 4.69) is 9.88 Å². The molecule has 4 rings (SSSR count). The number of hydrogen-bond donors (Lipinski definition) is 0. The topological polar surface area (TPSA) is 45.7 Å². The lowest BCUT2D eigenvalue weighted by Gasteiger charge is -2.27. The molecule has 1 aromatic heterocycles. The minimum Gasteiger partial charge on any atom is -0.379 e. The highest BCUT2D eigenvalue weighted by atomic mass is 32.2. The summed E-state index contributed by atoms with van der Waals surface area (Å²) in [6.45, 7) is 4.74. The van der Waals surface area contributed by atoms with Gasteiger partial charge < -0.3 is 4.74 Å². The van der Waals surface area contributed by atoms with Crippen LogP contribution in [-0.4, -0.2) is 61.4 Å². The number of carbonyl (C=O) groups excluding carboxylic acids is 1. The van der Waals surface area contributed by atoms with Crippen LogP contribution in [0.25, 0.3) is 10.2 Å². The summed E-state index contributed by atoms with van der Waals surface area (Å²) in [4.78, 5) is 23.0. The molecule has 1 amide bonds. The van der Waals surface area contributed by atoms with Crippen LogP contribution in [-0.2, 0) is 4.74 Å². The molecule has 0 radical (unpaired) electrons. The molecule has 158 valence electrons. The second kappa shape index (κ2) is 9.87. The molecule has 1 saturated heterocycles. The lowest BCUT2D eigenvalue weighted by atomic mass is 10.2. The zero-order chi connectivity index (χ0) is 20.9. The largest absolute Gasteiger partial charge is 0.379 e. The van der Waals surface area contributed by atoms with E-state index in [1.807, 2.05) is 36.6 Å². The van der Waals surface area contributed by atoms with E-state index in [4.69, 9.17) is 4.74 Å². The molecular weight excluding hydrogens is 421 g/mol. The fourth-order valence-corrected chi connectivity index (χ4v) is 4.96. The maximum Gasteiger partial charge on any atom is 0.260 e. The summed E-state index contributed by atoms with van der Waals surface area (Å²) >= 11 is 2.95. The van der Waals surface area contributed by atoms with Gasteiger partial charge in [-0.05, 0) is 43.0 Å². The third kappa shape index (κ3) is 4.83. The van der Waals surface area contributed by atoms with Crippen molar-refractivity contribution in [1.82, 2.24) is 9.88 Å². The predicted octanol–water partition coefficient (Wildman–Crippen LogP) is 4.53. The van der Waals surface area contributed by atoms with Crippen LogP contribution in [0.1, 0.15) is 16.8 Å². The summed E-state index contributed by atoms with van der Waals surface area (Å²) in [5, 5.41) is 0.539. The van der Waals surface area contributed by atoms with Crippen LogP contribution in [0, 0.1) is 5.82 Å². The summed E-state index contributed by atoms with van der Waals surface area (Å²) in [5.74, 6) is -0.465. The number of aromatic nitrogens is 1. The van der Waals surface area contributed by atoms with E-state index in [-0.39, 0.29) is 11.7 Å². The molecule has 3 aromatic rings. The van der Waals surface area contributed by atoms with Gasteiger partial charge in [-0.3, -0.25) is 14.6 Å². The number of fused-ring (bicyclic) bond motifs is 1. The highest BCUT2D eigenvalue weighted by molar-refractivity contribution is 7.98. The molecule has 0 atom stereocenters. The third-order valence-electron chi connectivity index (χ3n) is 5.11. The first-order chi connectivity index (χ1) is 14.7. The third-order valence-corrected chi connectivity index (χ3v) is 6.88. The fraction of sp³-hybridized carbons (Fsp3) is 0.364. The summed E-state index contributed by atoms with van der Waals surface area (Å²) in [6, 6.07) is 12.5. The van der Waals surface area contributed by atoms with Gasteiger partial charge in [0, 0.05) is 36.6 Å². The molecule has 0 aliphatic carbocycles. The van der Waals surface area contributed by atoms with Crippen LogP contribution in [0.2, 0.25) is 0 Å². The van der Waals surface area contributed by atoms with Crippen LogP contribution in [0.3, 0.4) is 0 Å². The van der Waals surface area contributed by atoms with E-state index in [1.165, 1.54) is 17.4 Å². The number of rotatable bonds is 7. The van der Waals surface area contributed by atoms with Crippen molar-refractivity contribution in [2.75, 3.05) is 50.5 Å². The molecule has 0 unspecified atom stereocenters. The van der Waals surface area contributed by atoms with Gasteiger partial charge in [0.15, 0.2) is 5.13 Å². The number of thioether (sulfide) groups is 1. The number of para-hydroxylation sites is 1. The standard InChI is InChI=1S/C22H24FN3O2S2/c1-29-17-6-2-5-16(15-17)21(27)26(10-4-9-25-11-13-28-14-12-25)22-24-20-18(23)7-3-8-19(20)30-22/h2-3,5-8,15H,4,9-14H2,1H3. The molecule has 1 aliphatic rings. The lowest BCUT2D eigenvalue weighted by molar-refractivity contribution is 0.0376. The number of amides is 1. The van der Waals surface area contributed by atoms with Crippen molar-refractivity contribution in [3.8, 4) is 0 Å². The number of thiazole rings is 1. The monoisotopic (exact) mass is 445 g/mol. The van der Waals surface area contributed by atoms with Crippen molar-refractivity contribution in [2.45, 2.75) is 11.3 Å². The van der Waals surface area contributed by atoms with Crippen LogP contribution in [0.15, 0.2) is 47.4 Å². The van der Waals surface area contributed by atoms with Crippen molar-refractivity contribution in [3.63, 3.8) is 0 Å². The quantitative estimate of drug-likeness (QED) is 0.500. The predicted molar refractivity (Wildman–Crippen MR) is 121 cm³/mol. The smallest absolute Gasteiger partial charge is 0.260 e. The summed E-state index contributed by atoms with van der Waals surface area (Å²) in [5.41, 5.74) is 0.939. The van der Waals surface area contributed by atoms with Gasteiger partial charge in [0.25, 0.3) is 5.91 Å². The van der Waals surface area contributed by atoms with Crippen molar-refractivity contribution in [2.24, 2.45) is 0 Å². The van der Waals surface area contributed by atoms with E-state index in [0.717, 1.165) is 48.9 Å². The Bertz CT molecular complexity index is 1020. The lowest BCUT2D eigenvalue weighted by Crippen LogP contribution is -2.39. The summed E-state index contributed by atoms with van der Waals surface area (Å²) < 4.78 is 20.4. The SMILES string of the molecule is CSc1cccc(C(=O)N(CCCN2CCOCC2)c2nc3c(F)cccc3s2)c1. The average Bonchev–Trinajstić information content (AvgIpc) is 3.22. The molecule has 1 aliphatic heterocycles. The van der Waals surface area contributed by atoms with Gasteiger partial charge in [0.05, 0.1) is 17.9 Å². The van der Waals surface area contributed by atoms with Gasteiger partial charge in [0.1, 0.15) is 11.3 Å². The number of halogens is 1. The van der Waals surface area contributed by atoms with E-state index in [9.17, 15) is 9.18 Å². The first kappa shape index (κ1) is 21.2. The Morgan fingerprint density at radius 2 is 2.07 bits per heavy atom. The Morgan fingerprint density at radius 1 is 1.27 bits per heavy atom. The molecule has 0 saturated carbocycles. The minimum absolute atomic E-state index is 0.104. The summed E-state index contributed by atoms with van der Waals surface area (Å²) in [6.07, 6.45) is 2.80. The van der Waals surface area contributed by atoms with E-state index >= 15 is 0 Å². The summed E-state index contributed by atoms with van der Waals surface area (Å²) in [7, 11) is 0. The van der Waals surface area contributed by atoms with Gasteiger partial charge in [-0.2, -0.15) is 0 Å². The molecule has 0 spiro atoms. The van der Waals surface area contributed by atoms with Gasteiger partial charge in [-0.1, -0.05) is 23.5 Å². The van der Waals surface area contributed by atoms with Crippen molar-refractivity contribution in [3.05, 3.63) is 53.8 Å². The van der Waals surface area contributed by atoms with Gasteiger partial charge in [-0.15, -0.1) is 11.8 Å². The van der Waals surface area contributed by atoms with Gasteiger partial charge in [0.2, 0.25) is 0 Å². The Labute approximate surface area is 183 Å². The van der Waals surface area contributed by atoms with Crippen molar-refractivity contribution >= 4 is 44.4 Å². The molecule has 5 nitrogen and oxygen atoms in total. The molecule has 0 N–H and O–H groups in total. The number of hydrogen-bond acceptors (Lipinski definition) is 6. The fourth-order valence-electron chi connectivity index (χ4n) is 3.49. The second-order valence-electron chi connectivity index (χ2n) is 7.08. The zero-order valence-electron chi connectivity index (χ0n) is 16.8. The van der Waals surface area contributed by atoms with Crippen molar-refractivity contribution in [1.29, 1.82) is 0 Å². The van der Waals surface area contributed by atoms with Crippen molar-refractivity contribution < 1.29 is 13.9 Å². The Kier molecular flexibility index (Phi) is 6.99. The molecule has 2 aromatic carbocycles. The first-order valence-electron chi connectivity index (χ1n) is 9.97.